The lowest BCUT2D eigenvalue weighted by Crippen LogP contribution is -2.59. The fourth-order valence-corrected chi connectivity index (χ4v) is 8.44. The van der Waals surface area contributed by atoms with Gasteiger partial charge in [-0.15, -0.1) is 0 Å². The van der Waals surface area contributed by atoms with Crippen LogP contribution in [-0.2, 0) is 6.42 Å². The first-order chi connectivity index (χ1) is 16.9. The van der Waals surface area contributed by atoms with Gasteiger partial charge >= 0.3 is 0 Å². The minimum absolute atomic E-state index is 0.189. The molecule has 6 heteroatoms. The summed E-state index contributed by atoms with van der Waals surface area (Å²) in [5, 5.41) is 12.2. The summed E-state index contributed by atoms with van der Waals surface area (Å²) in [6, 6.07) is 11.0. The molecule has 6 rings (SSSR count). The molecule has 1 aliphatic heterocycles. The lowest BCUT2D eigenvalue weighted by atomic mass is 9.54. The fraction of sp³-hybridized carbons (Fsp3) is 0.567. The molecule has 1 aromatic heterocycles. The molecule has 2 fully saturated rings. The van der Waals surface area contributed by atoms with Crippen LogP contribution in [0.1, 0.15) is 76.0 Å². The number of hydrazine groups is 1. The summed E-state index contributed by atoms with van der Waals surface area (Å²) < 4.78 is 6.65. The molecule has 4 aliphatic rings. The van der Waals surface area contributed by atoms with E-state index in [1.165, 1.54) is 17.5 Å². The van der Waals surface area contributed by atoms with Crippen molar-refractivity contribution in [3.8, 4) is 5.75 Å². The summed E-state index contributed by atoms with van der Waals surface area (Å²) in [6.45, 7) is 13.9. The molecule has 2 aromatic rings. The Morgan fingerprint density at radius 1 is 1.17 bits per heavy atom. The van der Waals surface area contributed by atoms with Gasteiger partial charge in [-0.25, -0.2) is 5.43 Å². The van der Waals surface area contributed by atoms with Crippen molar-refractivity contribution in [2.24, 2.45) is 17.3 Å². The summed E-state index contributed by atoms with van der Waals surface area (Å²) in [5.74, 6) is 2.65. The van der Waals surface area contributed by atoms with Gasteiger partial charge in [0.15, 0.2) is 5.72 Å². The summed E-state index contributed by atoms with van der Waals surface area (Å²) in [6.07, 6.45) is 9.02. The van der Waals surface area contributed by atoms with Gasteiger partial charge in [0.05, 0.1) is 5.70 Å². The van der Waals surface area contributed by atoms with E-state index in [4.69, 9.17) is 4.43 Å². The normalized spacial score (nSPS) is 33.4. The molecular formula is C30H41N3O2Si. The van der Waals surface area contributed by atoms with Crippen molar-refractivity contribution in [2.75, 3.05) is 0 Å². The third-order valence-corrected chi connectivity index (χ3v) is 14.9. The van der Waals surface area contributed by atoms with Crippen LogP contribution in [0.3, 0.4) is 0 Å². The van der Waals surface area contributed by atoms with Gasteiger partial charge in [-0.1, -0.05) is 33.8 Å². The topological polar surface area (TPSA) is 66.4 Å². The van der Waals surface area contributed by atoms with Crippen LogP contribution in [0.15, 0.2) is 48.3 Å². The van der Waals surface area contributed by atoms with Gasteiger partial charge in [0.2, 0.25) is 8.32 Å². The number of rotatable bonds is 3. The number of aromatic nitrogens is 1. The molecule has 5 atom stereocenters. The lowest BCUT2D eigenvalue weighted by molar-refractivity contribution is -0.107. The van der Waals surface area contributed by atoms with Crippen LogP contribution in [0.5, 0.6) is 5.75 Å². The lowest BCUT2D eigenvalue weighted by Gasteiger charge is -2.52. The number of pyridine rings is 1. The molecule has 192 valence electrons. The third-order valence-electron chi connectivity index (χ3n) is 10.6. The zero-order valence-corrected chi connectivity index (χ0v) is 23.6. The number of hydrogen-bond acceptors (Lipinski definition) is 5. The quantitative estimate of drug-likeness (QED) is 0.439. The average Bonchev–Trinajstić information content (AvgIpc) is 3.28. The Morgan fingerprint density at radius 3 is 2.69 bits per heavy atom. The van der Waals surface area contributed by atoms with E-state index >= 15 is 0 Å². The van der Waals surface area contributed by atoms with E-state index in [2.05, 4.69) is 80.9 Å². The number of aliphatic hydroxyl groups is 1. The van der Waals surface area contributed by atoms with Crippen molar-refractivity contribution in [1.82, 2.24) is 15.8 Å². The first kappa shape index (κ1) is 24.2. The van der Waals surface area contributed by atoms with Crippen LogP contribution in [-0.4, -0.2) is 24.1 Å². The van der Waals surface area contributed by atoms with Crippen molar-refractivity contribution in [2.45, 2.75) is 89.6 Å². The average molecular weight is 504 g/mol. The molecule has 0 spiro atoms. The van der Waals surface area contributed by atoms with Crippen LogP contribution in [0.4, 0.5) is 0 Å². The van der Waals surface area contributed by atoms with E-state index in [9.17, 15) is 5.11 Å². The second-order valence-corrected chi connectivity index (χ2v) is 18.1. The van der Waals surface area contributed by atoms with Gasteiger partial charge in [0.1, 0.15) is 5.75 Å². The summed E-state index contributed by atoms with van der Waals surface area (Å²) in [4.78, 5) is 4.32. The molecule has 2 saturated carbocycles. The summed E-state index contributed by atoms with van der Waals surface area (Å²) in [5.41, 5.74) is 11.6. The number of benzene rings is 1. The highest BCUT2D eigenvalue weighted by Gasteiger charge is 2.66. The van der Waals surface area contributed by atoms with Gasteiger partial charge in [-0.3, -0.25) is 4.98 Å². The monoisotopic (exact) mass is 503 g/mol. The smallest absolute Gasteiger partial charge is 0.250 e. The molecule has 0 amide bonds. The maximum Gasteiger partial charge on any atom is 0.250 e. The first-order valence-corrected chi connectivity index (χ1v) is 16.6. The highest BCUT2D eigenvalue weighted by atomic mass is 28.4. The second kappa shape index (κ2) is 7.92. The molecule has 5 nitrogen and oxygen atoms in total. The van der Waals surface area contributed by atoms with Gasteiger partial charge in [-0.2, -0.15) is 0 Å². The van der Waals surface area contributed by atoms with Gasteiger partial charge in [0.25, 0.3) is 0 Å². The van der Waals surface area contributed by atoms with E-state index in [1.807, 2.05) is 12.3 Å². The Morgan fingerprint density at radius 2 is 1.97 bits per heavy atom. The van der Waals surface area contributed by atoms with Crippen LogP contribution in [0.25, 0.3) is 5.70 Å². The standard InChI is InChI=1S/C30H41N3O2Si/c1-28(2,3)36(5,6)35-21-10-12-22-19(16-21)9-11-24-23(22)13-14-29(4)25(24)17-26-27(32-33-30(26,29)34)20-8-7-15-31-18-20/h7-8,10,12,15-16,18,23-25,32-34H,9,11,13-14,17H2,1-6H3/t23-,24-,25+,29+,30?/m1/s1. The molecule has 36 heavy (non-hydrogen) atoms. The van der Waals surface area contributed by atoms with Crippen molar-refractivity contribution in [1.29, 1.82) is 0 Å². The van der Waals surface area contributed by atoms with Crippen molar-refractivity contribution in [3.63, 3.8) is 0 Å². The maximum atomic E-state index is 12.0. The molecule has 3 N–H and O–H groups in total. The van der Waals surface area contributed by atoms with Crippen molar-refractivity contribution < 1.29 is 9.53 Å². The van der Waals surface area contributed by atoms with E-state index < -0.39 is 14.0 Å². The molecule has 0 bridgehead atoms. The van der Waals surface area contributed by atoms with Gasteiger partial charge in [0, 0.05) is 28.9 Å². The minimum Gasteiger partial charge on any atom is -0.543 e. The van der Waals surface area contributed by atoms with Crippen molar-refractivity contribution in [3.05, 3.63) is 65.0 Å². The SMILES string of the molecule is CC(C)(C)[Si](C)(C)Oc1ccc2c(c1)CC[C@@H]1[C@@H]2CC[C@@]2(C)[C@H]1CC1=C(c3cccnc3)NNC12O. The largest absolute Gasteiger partial charge is 0.543 e. The molecule has 3 aliphatic carbocycles. The molecule has 1 aromatic carbocycles. The van der Waals surface area contributed by atoms with E-state index in [0.29, 0.717) is 17.8 Å². The number of nitrogens with one attached hydrogen (secondary N) is 2. The zero-order chi connectivity index (χ0) is 25.5. The molecule has 0 saturated heterocycles. The van der Waals surface area contributed by atoms with Crippen molar-refractivity contribution >= 4 is 14.0 Å². The Labute approximate surface area is 216 Å². The zero-order valence-electron chi connectivity index (χ0n) is 22.6. The molecule has 2 heterocycles. The van der Waals surface area contributed by atoms with Crippen LogP contribution in [0, 0.1) is 17.3 Å². The minimum atomic E-state index is -1.86. The first-order valence-electron chi connectivity index (χ1n) is 13.7. The maximum absolute atomic E-state index is 12.0. The number of hydrogen-bond donors (Lipinski definition) is 3. The Hall–Kier alpha value is -2.15. The van der Waals surface area contributed by atoms with Crippen LogP contribution >= 0.6 is 0 Å². The highest BCUT2D eigenvalue weighted by molar-refractivity contribution is 6.74. The number of fused-ring (bicyclic) bond motifs is 7. The second-order valence-electron chi connectivity index (χ2n) is 13.4. The van der Waals surface area contributed by atoms with Crippen LogP contribution < -0.4 is 15.3 Å². The molecular weight excluding hydrogens is 462 g/mol. The number of nitrogens with zero attached hydrogens (tertiary/aromatic N) is 1. The Balaban J connectivity index is 1.31. The summed E-state index contributed by atoms with van der Waals surface area (Å²) >= 11 is 0. The molecule has 0 radical (unpaired) electrons. The van der Waals surface area contributed by atoms with Crippen LogP contribution in [0.2, 0.25) is 18.1 Å². The third kappa shape index (κ3) is 3.37. The number of aryl methyl sites for hydroxylation is 1. The van der Waals surface area contributed by atoms with E-state index in [1.54, 1.807) is 6.20 Å². The van der Waals surface area contributed by atoms with E-state index in [-0.39, 0.29) is 10.5 Å². The summed E-state index contributed by atoms with van der Waals surface area (Å²) in [7, 11) is -1.86. The predicted octanol–water partition coefficient (Wildman–Crippen LogP) is 6.14. The molecule has 1 unspecified atom stereocenters. The fourth-order valence-electron chi connectivity index (χ4n) is 7.41. The Kier molecular flexibility index (Phi) is 5.33. The predicted molar refractivity (Wildman–Crippen MR) is 147 cm³/mol. The van der Waals surface area contributed by atoms with Gasteiger partial charge in [-0.05, 0) is 103 Å². The highest BCUT2D eigenvalue weighted by Crippen LogP contribution is 2.66. The Bertz CT molecular complexity index is 1220. The van der Waals surface area contributed by atoms with E-state index in [0.717, 1.165) is 48.3 Å². The van der Waals surface area contributed by atoms with Gasteiger partial charge < -0.3 is 15.0 Å².